The van der Waals surface area contributed by atoms with Gasteiger partial charge in [-0.15, -0.1) is 0 Å². The summed E-state index contributed by atoms with van der Waals surface area (Å²) < 4.78 is 0. The SMILES string of the molecule is C=C(C)C(=O)N(CO)CCCCC. The summed E-state index contributed by atoms with van der Waals surface area (Å²) in [6, 6.07) is 0. The van der Waals surface area contributed by atoms with Crippen molar-refractivity contribution in [2.45, 2.75) is 33.1 Å². The van der Waals surface area contributed by atoms with E-state index in [4.69, 9.17) is 5.11 Å². The highest BCUT2D eigenvalue weighted by Crippen LogP contribution is 2.02. The zero-order chi connectivity index (χ0) is 10.3. The van der Waals surface area contributed by atoms with Gasteiger partial charge < -0.3 is 10.0 Å². The third kappa shape index (κ3) is 4.68. The van der Waals surface area contributed by atoms with Crippen LogP contribution in [0.25, 0.3) is 0 Å². The lowest BCUT2D eigenvalue weighted by atomic mass is 10.2. The molecule has 0 radical (unpaired) electrons. The Bertz CT molecular complexity index is 178. The molecule has 0 bridgehead atoms. The molecule has 3 nitrogen and oxygen atoms in total. The predicted molar refractivity (Wildman–Crippen MR) is 53.1 cm³/mol. The molecule has 0 aliphatic carbocycles. The van der Waals surface area contributed by atoms with Gasteiger partial charge >= 0.3 is 0 Å². The van der Waals surface area contributed by atoms with Crippen molar-refractivity contribution in [3.05, 3.63) is 12.2 Å². The number of carbonyl (C=O) groups is 1. The monoisotopic (exact) mass is 185 g/mol. The maximum Gasteiger partial charge on any atom is 0.250 e. The second-order valence-corrected chi connectivity index (χ2v) is 3.20. The molecule has 0 fully saturated rings. The molecule has 1 N–H and O–H groups in total. The van der Waals surface area contributed by atoms with Crippen LogP contribution in [0.2, 0.25) is 0 Å². The normalized spacial score (nSPS) is 9.77. The first kappa shape index (κ1) is 12.2. The van der Waals surface area contributed by atoms with Gasteiger partial charge in [0.05, 0.1) is 0 Å². The first-order valence-corrected chi connectivity index (χ1v) is 4.69. The molecule has 0 heterocycles. The van der Waals surface area contributed by atoms with Crippen LogP contribution in [-0.2, 0) is 4.79 Å². The lowest BCUT2D eigenvalue weighted by Gasteiger charge is -2.19. The molecule has 76 valence electrons. The van der Waals surface area contributed by atoms with E-state index in [0.717, 1.165) is 19.3 Å². The van der Waals surface area contributed by atoms with Gasteiger partial charge in [-0.25, -0.2) is 0 Å². The predicted octanol–water partition coefficient (Wildman–Crippen LogP) is 1.53. The van der Waals surface area contributed by atoms with Crippen LogP contribution in [0.3, 0.4) is 0 Å². The first-order chi connectivity index (χ1) is 6.13. The Morgan fingerprint density at radius 3 is 2.46 bits per heavy atom. The highest BCUT2D eigenvalue weighted by atomic mass is 16.3. The summed E-state index contributed by atoms with van der Waals surface area (Å²) >= 11 is 0. The van der Waals surface area contributed by atoms with Gasteiger partial charge in [0, 0.05) is 12.1 Å². The average molecular weight is 185 g/mol. The number of unbranched alkanes of at least 4 members (excludes halogenated alkanes) is 2. The molecule has 0 spiro atoms. The second kappa shape index (κ2) is 6.66. The Morgan fingerprint density at radius 2 is 2.08 bits per heavy atom. The summed E-state index contributed by atoms with van der Waals surface area (Å²) in [6.45, 7) is 7.72. The third-order valence-corrected chi connectivity index (χ3v) is 1.85. The van der Waals surface area contributed by atoms with Gasteiger partial charge in [-0.1, -0.05) is 26.3 Å². The van der Waals surface area contributed by atoms with Crippen LogP contribution < -0.4 is 0 Å². The lowest BCUT2D eigenvalue weighted by molar-refractivity contribution is -0.130. The smallest absolute Gasteiger partial charge is 0.250 e. The number of aliphatic hydroxyl groups excluding tert-OH is 1. The van der Waals surface area contributed by atoms with Crippen molar-refractivity contribution in [2.24, 2.45) is 0 Å². The average Bonchev–Trinajstić information content (AvgIpc) is 2.11. The fourth-order valence-electron chi connectivity index (χ4n) is 1.06. The molecule has 0 aromatic rings. The topological polar surface area (TPSA) is 40.5 Å². The summed E-state index contributed by atoms with van der Waals surface area (Å²) in [6.07, 6.45) is 3.14. The molecule has 0 aliphatic heterocycles. The summed E-state index contributed by atoms with van der Waals surface area (Å²) in [5.74, 6) is -0.154. The Kier molecular flexibility index (Phi) is 6.24. The molecule has 0 aromatic heterocycles. The second-order valence-electron chi connectivity index (χ2n) is 3.20. The van der Waals surface area contributed by atoms with Gasteiger partial charge in [-0.3, -0.25) is 4.79 Å². The molecule has 0 saturated heterocycles. The van der Waals surface area contributed by atoms with E-state index in [2.05, 4.69) is 13.5 Å². The van der Waals surface area contributed by atoms with Crippen molar-refractivity contribution in [2.75, 3.05) is 13.3 Å². The minimum Gasteiger partial charge on any atom is -0.376 e. The number of nitrogens with zero attached hydrogens (tertiary/aromatic N) is 1. The highest BCUT2D eigenvalue weighted by molar-refractivity contribution is 5.92. The summed E-state index contributed by atoms with van der Waals surface area (Å²) in [4.78, 5) is 12.7. The van der Waals surface area contributed by atoms with Crippen LogP contribution in [0.15, 0.2) is 12.2 Å². The first-order valence-electron chi connectivity index (χ1n) is 4.69. The fourth-order valence-corrected chi connectivity index (χ4v) is 1.06. The van der Waals surface area contributed by atoms with Gasteiger partial charge in [0.2, 0.25) is 0 Å². The Hall–Kier alpha value is -0.830. The van der Waals surface area contributed by atoms with Crippen molar-refractivity contribution in [1.82, 2.24) is 4.90 Å². The number of aliphatic hydroxyl groups is 1. The molecular weight excluding hydrogens is 166 g/mol. The molecule has 3 heteroatoms. The van der Waals surface area contributed by atoms with Crippen LogP contribution in [-0.4, -0.2) is 29.2 Å². The van der Waals surface area contributed by atoms with Gasteiger partial charge in [0.25, 0.3) is 5.91 Å². The molecule has 0 aromatic carbocycles. The van der Waals surface area contributed by atoms with Crippen LogP contribution >= 0.6 is 0 Å². The van der Waals surface area contributed by atoms with Crippen molar-refractivity contribution in [3.8, 4) is 0 Å². The van der Waals surface area contributed by atoms with E-state index in [9.17, 15) is 4.79 Å². The lowest BCUT2D eigenvalue weighted by Crippen LogP contribution is -2.33. The number of hydrogen-bond acceptors (Lipinski definition) is 2. The largest absolute Gasteiger partial charge is 0.376 e. The minimum atomic E-state index is -0.213. The molecule has 0 aliphatic rings. The summed E-state index contributed by atoms with van der Waals surface area (Å²) in [5, 5.41) is 8.91. The zero-order valence-corrected chi connectivity index (χ0v) is 8.55. The molecular formula is C10H19NO2. The van der Waals surface area contributed by atoms with Crippen LogP contribution in [0.4, 0.5) is 0 Å². The van der Waals surface area contributed by atoms with E-state index >= 15 is 0 Å². The van der Waals surface area contributed by atoms with E-state index in [0.29, 0.717) is 12.1 Å². The highest BCUT2D eigenvalue weighted by Gasteiger charge is 2.11. The molecule has 0 saturated carbocycles. The Morgan fingerprint density at radius 1 is 1.46 bits per heavy atom. The van der Waals surface area contributed by atoms with Crippen LogP contribution in [0.5, 0.6) is 0 Å². The maximum absolute atomic E-state index is 11.3. The number of amides is 1. The number of hydrogen-bond donors (Lipinski definition) is 1. The van der Waals surface area contributed by atoms with E-state index in [-0.39, 0.29) is 12.6 Å². The molecule has 0 unspecified atom stereocenters. The maximum atomic E-state index is 11.3. The van der Waals surface area contributed by atoms with Crippen molar-refractivity contribution >= 4 is 5.91 Å². The Balaban J connectivity index is 3.88. The third-order valence-electron chi connectivity index (χ3n) is 1.85. The van der Waals surface area contributed by atoms with E-state index in [1.54, 1.807) is 6.92 Å². The number of carbonyl (C=O) groups excluding carboxylic acids is 1. The summed E-state index contributed by atoms with van der Waals surface area (Å²) in [7, 11) is 0. The van der Waals surface area contributed by atoms with Crippen molar-refractivity contribution in [1.29, 1.82) is 0 Å². The van der Waals surface area contributed by atoms with Crippen molar-refractivity contribution < 1.29 is 9.90 Å². The quantitative estimate of drug-likeness (QED) is 0.387. The molecule has 0 rings (SSSR count). The standard InChI is InChI=1S/C10H19NO2/c1-4-5-6-7-11(8-12)10(13)9(2)3/h12H,2,4-8H2,1,3H3. The van der Waals surface area contributed by atoms with Crippen molar-refractivity contribution in [3.63, 3.8) is 0 Å². The van der Waals surface area contributed by atoms with E-state index in [1.165, 1.54) is 4.90 Å². The van der Waals surface area contributed by atoms with Gasteiger partial charge in [-0.05, 0) is 13.3 Å². The van der Waals surface area contributed by atoms with Gasteiger partial charge in [-0.2, -0.15) is 0 Å². The molecule has 1 amide bonds. The Labute approximate surface area is 80.0 Å². The summed E-state index contributed by atoms with van der Waals surface area (Å²) in [5.41, 5.74) is 0.477. The molecule has 13 heavy (non-hydrogen) atoms. The van der Waals surface area contributed by atoms with E-state index < -0.39 is 0 Å². The molecule has 0 atom stereocenters. The van der Waals surface area contributed by atoms with E-state index in [1.807, 2.05) is 0 Å². The zero-order valence-electron chi connectivity index (χ0n) is 8.55. The van der Waals surface area contributed by atoms with Gasteiger partial charge in [0.1, 0.15) is 6.73 Å². The minimum absolute atomic E-state index is 0.154. The fraction of sp³-hybridized carbons (Fsp3) is 0.700. The number of rotatable bonds is 6. The van der Waals surface area contributed by atoms with Crippen LogP contribution in [0.1, 0.15) is 33.1 Å². The van der Waals surface area contributed by atoms with Gasteiger partial charge in [0.15, 0.2) is 0 Å². The van der Waals surface area contributed by atoms with Crippen LogP contribution in [0, 0.1) is 0 Å².